The molecule has 13 heteroatoms. The molecule has 0 unspecified atom stereocenters. The number of nitrogens with zero attached hydrogens (tertiary/aromatic N) is 4. The molecule has 1 fully saturated rings. The minimum Gasteiger partial charge on any atom is -0.383 e. The minimum absolute atomic E-state index is 0.000208. The molecule has 1 aliphatic heterocycles. The van der Waals surface area contributed by atoms with Gasteiger partial charge in [0.2, 0.25) is 9.84 Å². The number of carbonyl (C=O) groups is 1. The molecule has 1 aromatic heterocycles. The van der Waals surface area contributed by atoms with E-state index < -0.39 is 15.7 Å². The van der Waals surface area contributed by atoms with Crippen LogP contribution in [0.1, 0.15) is 16.8 Å². The third-order valence-corrected chi connectivity index (χ3v) is 8.99. The zero-order chi connectivity index (χ0) is 30.4. The molecule has 1 aliphatic rings. The number of aromatic nitrogens is 2. The molecular weight excluding hydrogens is 575 g/mol. The van der Waals surface area contributed by atoms with Gasteiger partial charge < -0.3 is 24.6 Å². The molecule has 0 radical (unpaired) electrons. The van der Waals surface area contributed by atoms with Crippen molar-refractivity contribution in [2.45, 2.75) is 16.2 Å². The van der Waals surface area contributed by atoms with E-state index in [-0.39, 0.29) is 22.5 Å². The minimum atomic E-state index is -3.95. The van der Waals surface area contributed by atoms with E-state index in [1.165, 1.54) is 41.3 Å². The van der Waals surface area contributed by atoms with Gasteiger partial charge in [0.1, 0.15) is 12.6 Å². The van der Waals surface area contributed by atoms with Gasteiger partial charge in [0.15, 0.2) is 0 Å². The molecule has 0 atom stereocenters. The second-order valence-corrected chi connectivity index (χ2v) is 12.2. The second-order valence-electron chi connectivity index (χ2n) is 10.3. The Bertz CT molecular complexity index is 1690. The molecule has 1 saturated heterocycles. The first kappa shape index (κ1) is 30.4. The Hall–Kier alpha value is -4.04. The summed E-state index contributed by atoms with van der Waals surface area (Å²) in [5, 5.41) is 8.26. The van der Waals surface area contributed by atoms with Gasteiger partial charge in [0, 0.05) is 45.2 Å². The van der Waals surface area contributed by atoms with Gasteiger partial charge in [-0.05, 0) is 62.0 Å². The Kier molecular flexibility index (Phi) is 9.56. The number of carbonyl (C=O) groups excluding carboxylic acids is 1. The van der Waals surface area contributed by atoms with Crippen molar-refractivity contribution in [3.8, 4) is 0 Å². The fourth-order valence-electron chi connectivity index (χ4n) is 4.97. The number of para-hydroxylation sites is 1. The van der Waals surface area contributed by atoms with E-state index in [2.05, 4.69) is 32.7 Å². The van der Waals surface area contributed by atoms with Gasteiger partial charge in [0.25, 0.3) is 5.91 Å². The van der Waals surface area contributed by atoms with Gasteiger partial charge in [0.05, 0.1) is 45.0 Å². The van der Waals surface area contributed by atoms with Gasteiger partial charge in [-0.15, -0.1) is 0 Å². The summed E-state index contributed by atoms with van der Waals surface area (Å²) in [5.74, 6) is -0.994. The van der Waals surface area contributed by atoms with Gasteiger partial charge in [-0.1, -0.05) is 12.1 Å². The van der Waals surface area contributed by atoms with E-state index in [9.17, 15) is 17.6 Å². The van der Waals surface area contributed by atoms with Gasteiger partial charge in [-0.3, -0.25) is 4.79 Å². The predicted molar refractivity (Wildman–Crippen MR) is 162 cm³/mol. The van der Waals surface area contributed by atoms with Crippen LogP contribution in [0.3, 0.4) is 0 Å². The summed E-state index contributed by atoms with van der Waals surface area (Å²) >= 11 is 0. The van der Waals surface area contributed by atoms with Crippen molar-refractivity contribution < 1.29 is 27.1 Å². The monoisotopic (exact) mass is 610 g/mol. The summed E-state index contributed by atoms with van der Waals surface area (Å²) in [6, 6.07) is 14.9. The zero-order valence-corrected chi connectivity index (χ0v) is 24.9. The average Bonchev–Trinajstić information content (AvgIpc) is 3.41. The van der Waals surface area contributed by atoms with Crippen LogP contribution in [0.25, 0.3) is 10.9 Å². The summed E-state index contributed by atoms with van der Waals surface area (Å²) in [5.41, 5.74) is 5.51. The standard InChI is InChI=1S/C30H35FN6O5S/c1-35-13-15-36(16-14-35)29-26(8-4-9-27(29)32-12-5-17-42-21-41-2)30(38)34-37-28-11-10-25(18-22(28)20-33-37)43(39,40)24-7-3-6-23(31)19-24/h3-4,6-11,18-20,32H,5,12-17,21H2,1-2H3,(H,34,38). The number of rotatable bonds is 12. The molecule has 1 amide bonds. The first-order valence-corrected chi connectivity index (χ1v) is 15.4. The van der Waals surface area contributed by atoms with Crippen LogP contribution < -0.4 is 15.6 Å². The number of fused-ring (bicyclic) bond motifs is 1. The van der Waals surface area contributed by atoms with Crippen molar-refractivity contribution in [3.05, 3.63) is 78.2 Å². The fraction of sp³-hybridized carbons (Fsp3) is 0.333. The number of halogens is 1. The maximum absolute atomic E-state index is 13.7. The van der Waals surface area contributed by atoms with E-state index in [4.69, 9.17) is 9.47 Å². The number of likely N-dealkylation sites (N-methyl/N-ethyl adjacent to an activating group) is 1. The summed E-state index contributed by atoms with van der Waals surface area (Å²) in [4.78, 5) is 19.4. The van der Waals surface area contributed by atoms with E-state index in [1.54, 1.807) is 19.2 Å². The highest BCUT2D eigenvalue weighted by atomic mass is 32.2. The largest absolute Gasteiger partial charge is 0.383 e. The van der Waals surface area contributed by atoms with Crippen LogP contribution in [0, 0.1) is 5.82 Å². The fourth-order valence-corrected chi connectivity index (χ4v) is 6.30. The number of piperazine rings is 1. The smallest absolute Gasteiger partial charge is 0.273 e. The van der Waals surface area contributed by atoms with Crippen LogP contribution >= 0.6 is 0 Å². The average molecular weight is 611 g/mol. The molecule has 2 heterocycles. The van der Waals surface area contributed by atoms with Crippen LogP contribution in [-0.4, -0.2) is 89.4 Å². The maximum atomic E-state index is 13.7. The number of amides is 1. The lowest BCUT2D eigenvalue weighted by Gasteiger charge is -2.36. The zero-order valence-electron chi connectivity index (χ0n) is 24.1. The molecule has 43 heavy (non-hydrogen) atoms. The highest BCUT2D eigenvalue weighted by Gasteiger charge is 2.24. The number of ether oxygens (including phenoxy) is 2. The van der Waals surface area contributed by atoms with Gasteiger partial charge in [-0.25, -0.2) is 18.2 Å². The predicted octanol–water partition coefficient (Wildman–Crippen LogP) is 3.57. The van der Waals surface area contributed by atoms with Crippen LogP contribution in [0.2, 0.25) is 0 Å². The molecule has 5 rings (SSSR count). The molecule has 0 saturated carbocycles. The third kappa shape index (κ3) is 6.96. The van der Waals surface area contributed by atoms with Crippen molar-refractivity contribution in [2.24, 2.45) is 0 Å². The van der Waals surface area contributed by atoms with Crippen LogP contribution in [-0.2, 0) is 19.3 Å². The normalized spacial score (nSPS) is 14.3. The SMILES string of the molecule is COCOCCCNc1cccc(C(=O)Nn2ncc3cc(S(=O)(=O)c4cccc(F)c4)ccc32)c1N1CCN(C)CC1. The molecule has 0 spiro atoms. The molecule has 2 N–H and O–H groups in total. The van der Waals surface area contributed by atoms with Gasteiger partial charge in [-0.2, -0.15) is 9.89 Å². The Morgan fingerprint density at radius 1 is 1.02 bits per heavy atom. The lowest BCUT2D eigenvalue weighted by atomic mass is 10.1. The van der Waals surface area contributed by atoms with E-state index >= 15 is 0 Å². The highest BCUT2D eigenvalue weighted by molar-refractivity contribution is 7.91. The first-order chi connectivity index (χ1) is 20.8. The molecule has 4 aromatic rings. The summed E-state index contributed by atoms with van der Waals surface area (Å²) in [6.45, 7) is 4.70. The molecule has 11 nitrogen and oxygen atoms in total. The number of anilines is 2. The Labute approximate surface area is 250 Å². The van der Waals surface area contributed by atoms with Crippen molar-refractivity contribution in [2.75, 3.05) is 75.9 Å². The lowest BCUT2D eigenvalue weighted by molar-refractivity contribution is -0.0303. The van der Waals surface area contributed by atoms with Crippen molar-refractivity contribution in [3.63, 3.8) is 0 Å². The van der Waals surface area contributed by atoms with E-state index in [1.807, 2.05) is 12.1 Å². The van der Waals surface area contributed by atoms with Crippen molar-refractivity contribution in [1.82, 2.24) is 14.8 Å². The van der Waals surface area contributed by atoms with Gasteiger partial charge >= 0.3 is 0 Å². The van der Waals surface area contributed by atoms with Crippen LogP contribution in [0.4, 0.5) is 15.8 Å². The van der Waals surface area contributed by atoms with Crippen molar-refractivity contribution >= 4 is 38.0 Å². The summed E-state index contributed by atoms with van der Waals surface area (Å²) < 4.78 is 50.2. The number of hydrogen-bond acceptors (Lipinski definition) is 9. The Morgan fingerprint density at radius 2 is 1.79 bits per heavy atom. The molecule has 0 bridgehead atoms. The third-order valence-electron chi connectivity index (χ3n) is 7.25. The lowest BCUT2D eigenvalue weighted by Crippen LogP contribution is -2.45. The molecule has 3 aromatic carbocycles. The van der Waals surface area contributed by atoms with Crippen LogP contribution in [0.5, 0.6) is 0 Å². The number of nitrogens with one attached hydrogen (secondary N) is 2. The molecular formula is C30H35FN6O5S. The van der Waals surface area contributed by atoms with Crippen LogP contribution in [0.15, 0.2) is 76.7 Å². The quantitative estimate of drug-likeness (QED) is 0.183. The topological polar surface area (TPSA) is 118 Å². The molecule has 0 aliphatic carbocycles. The molecule has 228 valence electrons. The number of methoxy groups -OCH3 is 1. The van der Waals surface area contributed by atoms with E-state index in [0.29, 0.717) is 29.6 Å². The van der Waals surface area contributed by atoms with E-state index in [0.717, 1.165) is 50.0 Å². The Morgan fingerprint density at radius 3 is 2.56 bits per heavy atom. The summed E-state index contributed by atoms with van der Waals surface area (Å²) in [6.07, 6.45) is 2.24. The summed E-state index contributed by atoms with van der Waals surface area (Å²) in [7, 11) is -0.286. The Balaban J connectivity index is 1.39. The highest BCUT2D eigenvalue weighted by Crippen LogP contribution is 2.32. The second kappa shape index (κ2) is 13.5. The number of sulfone groups is 1. The first-order valence-electron chi connectivity index (χ1n) is 13.9. The number of benzene rings is 3. The van der Waals surface area contributed by atoms with Crippen molar-refractivity contribution in [1.29, 1.82) is 0 Å². The maximum Gasteiger partial charge on any atom is 0.273 e. The number of hydrogen-bond donors (Lipinski definition) is 2.